The lowest BCUT2D eigenvalue weighted by Crippen LogP contribution is -2.62. The quantitative estimate of drug-likeness (QED) is 0.0618. The number of esters is 4. The Hall–Kier alpha value is -7.77. The minimum Gasteiger partial charge on any atom is -0.508 e. The summed E-state index contributed by atoms with van der Waals surface area (Å²) in [5, 5.41) is 28.1. The van der Waals surface area contributed by atoms with Gasteiger partial charge in [-0.05, 0) is 111 Å². The largest absolute Gasteiger partial charge is 0.508 e. The summed E-state index contributed by atoms with van der Waals surface area (Å²) in [6.07, 6.45) is -3.62. The van der Waals surface area contributed by atoms with Crippen LogP contribution < -0.4 is 4.74 Å². The van der Waals surface area contributed by atoms with Gasteiger partial charge >= 0.3 is 23.9 Å². The van der Waals surface area contributed by atoms with Crippen molar-refractivity contribution in [2.45, 2.75) is 159 Å². The number of aromatic hydroxyl groups is 1. The van der Waals surface area contributed by atoms with Gasteiger partial charge in [-0.2, -0.15) is 32.1 Å². The molecule has 9 rings (SSSR count). The van der Waals surface area contributed by atoms with Gasteiger partial charge in [-0.3, -0.25) is 24.2 Å². The van der Waals surface area contributed by atoms with E-state index in [4.69, 9.17) is 38.1 Å². The van der Waals surface area contributed by atoms with Gasteiger partial charge in [0.2, 0.25) is 20.0 Å². The zero-order valence-corrected chi connectivity index (χ0v) is 55.3. The summed E-state index contributed by atoms with van der Waals surface area (Å²) >= 11 is 3.19. The van der Waals surface area contributed by atoms with Crippen molar-refractivity contribution in [2.75, 3.05) is 18.1 Å². The Morgan fingerprint density at radius 2 is 1.09 bits per heavy atom. The molecule has 0 spiro atoms. The molecular formula is C63H73N9O16S4. The van der Waals surface area contributed by atoms with Crippen molar-refractivity contribution >= 4 is 67.4 Å². The number of carbonyl (C=O) groups excluding carboxylic acids is 4. The topological polar surface area (TPSA) is 302 Å². The standard InChI is InChI=1S/C63H73N9O16S4/c1-39-12-16-57(17-13-39)91(78,79)71-28-49-21-50(29-72(92(80,81)58-18-14-40(2)15-19-58)42(4)36-90-38-52-11-9-10-51(64-52)37-89-35-41(71)3)25-56(24-49)83-32-53-30-69(67-65-53)26-47-20-48(23-55(77)22-47)27-70-31-54(66-68-70)33-84-63-62(87-46(8)76)61(86-45(7)75)60(85-44(6)74)59(88-63)34-82-43(5)73/h9-25,30-31,41-42,59-63,77H,26-29,32-38H2,1-8H3/t41-,42-,59-,60-,61+,62-,63-/m1/s1. The van der Waals surface area contributed by atoms with Crippen LogP contribution in [-0.4, -0.2) is 150 Å². The van der Waals surface area contributed by atoms with Crippen molar-refractivity contribution in [2.24, 2.45) is 0 Å². The first-order valence-electron chi connectivity index (χ1n) is 29.4. The van der Waals surface area contributed by atoms with E-state index in [1.54, 1.807) is 113 Å². The molecule has 1 N–H and O–H groups in total. The Labute approximate surface area is 542 Å². The van der Waals surface area contributed by atoms with E-state index in [0.29, 0.717) is 62.4 Å². The maximum absolute atomic E-state index is 14.8. The number of sulfonamides is 2. The summed E-state index contributed by atoms with van der Waals surface area (Å²) in [6, 6.07) is 28.7. The molecule has 29 heteroatoms. The third-order valence-electron chi connectivity index (χ3n) is 14.7. The number of thioether (sulfide) groups is 2. The molecule has 3 aromatic heterocycles. The highest BCUT2D eigenvalue weighted by Crippen LogP contribution is 2.33. The van der Waals surface area contributed by atoms with E-state index < -0.39 is 93.3 Å². The number of hydrogen-bond acceptors (Lipinski definition) is 23. The molecule has 2 aliphatic heterocycles. The summed E-state index contributed by atoms with van der Waals surface area (Å²) in [6.45, 7) is 11.5. The number of aromatic nitrogens is 7. The van der Waals surface area contributed by atoms with Crippen LogP contribution in [0.1, 0.15) is 97.7 Å². The second kappa shape index (κ2) is 30.8. The number of benzene rings is 4. The van der Waals surface area contributed by atoms with Crippen molar-refractivity contribution in [3.8, 4) is 11.5 Å². The van der Waals surface area contributed by atoms with Gasteiger partial charge < -0.3 is 38.3 Å². The molecule has 0 aliphatic carbocycles. The van der Waals surface area contributed by atoms with Crippen LogP contribution in [0.4, 0.5) is 0 Å². The molecule has 7 aromatic rings. The van der Waals surface area contributed by atoms with Gasteiger partial charge in [0.05, 0.1) is 53.3 Å². The predicted octanol–water partition coefficient (Wildman–Crippen LogP) is 7.20. The minimum atomic E-state index is -4.10. The van der Waals surface area contributed by atoms with Crippen molar-refractivity contribution in [1.29, 1.82) is 0 Å². The lowest BCUT2D eigenvalue weighted by Gasteiger charge is -2.43. The van der Waals surface area contributed by atoms with E-state index in [1.807, 2.05) is 58.0 Å². The number of phenolic OH excluding ortho intramolecular Hbond substituents is 1. The highest BCUT2D eigenvalue weighted by Gasteiger charge is 2.53. The fourth-order valence-electron chi connectivity index (χ4n) is 10.4. The second-order valence-corrected chi connectivity index (χ2v) is 28.4. The molecule has 490 valence electrons. The van der Waals surface area contributed by atoms with E-state index in [-0.39, 0.29) is 54.9 Å². The Morgan fingerprint density at radius 1 is 0.609 bits per heavy atom. The van der Waals surface area contributed by atoms with E-state index in [9.17, 15) is 41.1 Å². The van der Waals surface area contributed by atoms with E-state index in [0.717, 1.165) is 43.3 Å². The first-order chi connectivity index (χ1) is 43.8. The highest BCUT2D eigenvalue weighted by molar-refractivity contribution is 7.98. The van der Waals surface area contributed by atoms with Gasteiger partial charge in [-0.25, -0.2) is 26.2 Å². The molecule has 0 amide bonds. The lowest BCUT2D eigenvalue weighted by molar-refractivity contribution is -0.310. The lowest BCUT2D eigenvalue weighted by atomic mass is 9.98. The molecule has 7 atom stereocenters. The van der Waals surface area contributed by atoms with Crippen molar-refractivity contribution in [1.82, 2.24) is 43.6 Å². The van der Waals surface area contributed by atoms with Crippen molar-refractivity contribution in [3.63, 3.8) is 0 Å². The number of rotatable bonds is 19. The SMILES string of the molecule is CC(=O)OC[C@H]1O[C@@H](OCc2cn(Cc3cc(O)cc(Cn4cc(COc5cc6cc(c5)CN(S(=O)(=O)c5ccc(C)cc5)[C@H](C)CSCc5cccc(n5)CSC[C@@H](C)N(S(=O)(=O)c5ccc(C)cc5)C6)nn4)c3)nn2)[C@H](OC(C)=O)[C@@H](OC(C)=O)[C@@H]1OC(C)=O. The number of fused-ring (bicyclic) bond motifs is 4. The molecule has 2 aliphatic rings. The molecule has 0 unspecified atom stereocenters. The van der Waals surface area contributed by atoms with Crippen LogP contribution >= 0.6 is 23.5 Å². The molecule has 0 radical (unpaired) electrons. The van der Waals surface area contributed by atoms with Crippen LogP contribution in [0.2, 0.25) is 0 Å². The summed E-state index contributed by atoms with van der Waals surface area (Å²) in [7, 11) is -8.20. The van der Waals surface area contributed by atoms with Crippen LogP contribution in [0, 0.1) is 13.8 Å². The number of carbonyl (C=O) groups is 4. The molecule has 4 bridgehead atoms. The van der Waals surface area contributed by atoms with Crippen LogP contribution in [0.3, 0.4) is 0 Å². The maximum Gasteiger partial charge on any atom is 0.303 e. The number of phenols is 1. The van der Waals surface area contributed by atoms with Crippen molar-refractivity contribution in [3.05, 3.63) is 172 Å². The van der Waals surface area contributed by atoms with E-state index >= 15 is 0 Å². The first-order valence-corrected chi connectivity index (χ1v) is 34.6. The fourth-order valence-corrected chi connectivity index (χ4v) is 15.9. The Bertz CT molecular complexity index is 3840. The fraction of sp³-hybridized carbons (Fsp3) is 0.413. The van der Waals surface area contributed by atoms with Gasteiger partial charge in [0.25, 0.3) is 0 Å². The molecule has 25 nitrogen and oxygen atoms in total. The number of ether oxygens (including phenoxy) is 7. The first kappa shape index (κ1) is 68.6. The summed E-state index contributed by atoms with van der Waals surface area (Å²) in [5.41, 5.74) is 6.68. The van der Waals surface area contributed by atoms with Gasteiger partial charge in [0, 0.05) is 75.9 Å². The second-order valence-electron chi connectivity index (χ2n) is 22.6. The zero-order valence-electron chi connectivity index (χ0n) is 52.0. The normalized spacial score (nSPS) is 20.5. The molecule has 92 heavy (non-hydrogen) atoms. The number of pyridine rings is 1. The minimum absolute atomic E-state index is 0.0394. The molecule has 1 saturated heterocycles. The van der Waals surface area contributed by atoms with Crippen LogP contribution in [0.5, 0.6) is 11.5 Å². The van der Waals surface area contributed by atoms with E-state index in [1.165, 1.54) is 20.2 Å². The average Bonchev–Trinajstić information content (AvgIpc) is 0.990. The number of hydrogen-bond donors (Lipinski definition) is 1. The third-order valence-corrected chi connectivity index (χ3v) is 21.0. The summed E-state index contributed by atoms with van der Waals surface area (Å²) < 4.78 is 105. The highest BCUT2D eigenvalue weighted by atomic mass is 32.2. The number of aryl methyl sites for hydroxylation is 2. The smallest absolute Gasteiger partial charge is 0.303 e. The monoisotopic (exact) mass is 1340 g/mol. The Balaban J connectivity index is 0.932. The third kappa shape index (κ3) is 18.5. The summed E-state index contributed by atoms with van der Waals surface area (Å²) in [5.74, 6) is -0.714. The van der Waals surface area contributed by atoms with Crippen molar-refractivity contribution < 1.29 is 74.3 Å². The summed E-state index contributed by atoms with van der Waals surface area (Å²) in [4.78, 5) is 53.8. The predicted molar refractivity (Wildman–Crippen MR) is 337 cm³/mol. The Kier molecular flexibility index (Phi) is 22.9. The van der Waals surface area contributed by atoms with Crippen LogP contribution in [0.15, 0.2) is 125 Å². The maximum atomic E-state index is 14.8. The Morgan fingerprint density at radius 3 is 1.58 bits per heavy atom. The molecule has 4 aromatic carbocycles. The molecule has 5 heterocycles. The average molecular weight is 1340 g/mol. The molecular weight excluding hydrogens is 1270 g/mol. The van der Waals surface area contributed by atoms with Crippen LogP contribution in [0.25, 0.3) is 0 Å². The van der Waals surface area contributed by atoms with E-state index in [2.05, 4.69) is 20.6 Å². The number of nitrogens with zero attached hydrogens (tertiary/aromatic N) is 9. The van der Waals surface area contributed by atoms with Crippen LogP contribution in [-0.2, 0) is 119 Å². The molecule has 0 saturated carbocycles. The van der Waals surface area contributed by atoms with Gasteiger partial charge in [0.1, 0.15) is 42.2 Å². The van der Waals surface area contributed by atoms with Gasteiger partial charge in [-0.1, -0.05) is 64.0 Å². The molecule has 1 fully saturated rings. The zero-order chi connectivity index (χ0) is 65.9. The van der Waals surface area contributed by atoms with Gasteiger partial charge in [-0.15, -0.1) is 10.2 Å². The van der Waals surface area contributed by atoms with Gasteiger partial charge in [0.15, 0.2) is 24.6 Å².